The van der Waals surface area contributed by atoms with Crippen molar-refractivity contribution in [2.24, 2.45) is 5.73 Å². The van der Waals surface area contributed by atoms with Gasteiger partial charge < -0.3 is 10.7 Å². The van der Waals surface area contributed by atoms with Crippen LogP contribution in [0.1, 0.15) is 5.56 Å². The zero-order chi connectivity index (χ0) is 24.8. The van der Waals surface area contributed by atoms with E-state index in [0.29, 0.717) is 6.54 Å². The molecule has 9 heteroatoms. The van der Waals surface area contributed by atoms with Crippen LogP contribution in [0.5, 0.6) is 0 Å². The van der Waals surface area contributed by atoms with Gasteiger partial charge in [-0.15, -0.1) is 35.4 Å². The summed E-state index contributed by atoms with van der Waals surface area (Å²) in [7, 11) is 0. The van der Waals surface area contributed by atoms with Gasteiger partial charge in [0.25, 0.3) is 0 Å². The van der Waals surface area contributed by atoms with Crippen LogP contribution < -0.4 is 5.73 Å². The Morgan fingerprint density at radius 1 is 0.649 bits per heavy atom. The van der Waals surface area contributed by atoms with E-state index in [1.807, 2.05) is 97.3 Å². The number of aromatic nitrogens is 7. The van der Waals surface area contributed by atoms with E-state index in [4.69, 9.17) is 5.73 Å². The number of hydrogen-bond acceptors (Lipinski definition) is 6. The molecular formula is C28H25N8Os. The quantitative estimate of drug-likeness (QED) is 0.278. The Bertz CT molecular complexity index is 1320. The van der Waals surface area contributed by atoms with Crippen LogP contribution in [0.4, 0.5) is 0 Å². The molecule has 0 aliphatic heterocycles. The fraction of sp³-hybridized carbons (Fsp3) is 0.0357. The largest absolute Gasteiger partial charge is 1.00 e. The molecule has 0 fully saturated rings. The van der Waals surface area contributed by atoms with E-state index in [-0.39, 0.29) is 19.8 Å². The zero-order valence-electron chi connectivity index (χ0n) is 19.9. The first-order chi connectivity index (χ1) is 17.8. The zero-order valence-corrected chi connectivity index (χ0v) is 22.4. The summed E-state index contributed by atoms with van der Waals surface area (Å²) in [6.07, 6.45) is 12.5. The third-order valence-corrected chi connectivity index (χ3v) is 4.82. The fourth-order valence-corrected chi connectivity index (χ4v) is 3.10. The Kier molecular flexibility index (Phi) is 11.0. The maximum Gasteiger partial charge on any atom is 1.00 e. The molecule has 6 aromatic rings. The molecule has 0 bridgehead atoms. The van der Waals surface area contributed by atoms with Crippen molar-refractivity contribution < 1.29 is 19.8 Å². The third-order valence-electron chi connectivity index (χ3n) is 4.82. The smallest absolute Gasteiger partial charge is 0.328 e. The Hall–Kier alpha value is -4.31. The van der Waals surface area contributed by atoms with Gasteiger partial charge in [0.1, 0.15) is 0 Å². The first-order valence-electron chi connectivity index (χ1n) is 11.3. The SMILES string of the molecule is NCc1cc[c-]c(-c2ccccn2)c1.[Os+].c1ccc(-n2cccn2)nc1.c1ccc(-n2cccn2)nc1. The second-order valence-electron chi connectivity index (χ2n) is 7.31. The molecule has 0 unspecified atom stereocenters. The molecule has 0 atom stereocenters. The maximum absolute atomic E-state index is 5.56. The van der Waals surface area contributed by atoms with Crippen molar-refractivity contribution in [3.8, 4) is 22.9 Å². The van der Waals surface area contributed by atoms with Crippen LogP contribution in [-0.2, 0) is 26.3 Å². The van der Waals surface area contributed by atoms with Crippen molar-refractivity contribution in [1.29, 1.82) is 0 Å². The van der Waals surface area contributed by atoms with E-state index in [9.17, 15) is 0 Å². The minimum atomic E-state index is 0. The van der Waals surface area contributed by atoms with E-state index >= 15 is 0 Å². The Labute approximate surface area is 228 Å². The molecule has 0 aliphatic rings. The number of rotatable bonds is 4. The van der Waals surface area contributed by atoms with Gasteiger partial charge in [-0.05, 0) is 48.2 Å². The van der Waals surface area contributed by atoms with Crippen LogP contribution in [0.2, 0.25) is 0 Å². The van der Waals surface area contributed by atoms with E-state index in [0.717, 1.165) is 28.5 Å². The maximum atomic E-state index is 5.56. The predicted octanol–water partition coefficient (Wildman–Crippen LogP) is 4.54. The minimum Gasteiger partial charge on any atom is -0.328 e. The van der Waals surface area contributed by atoms with Crippen molar-refractivity contribution in [1.82, 2.24) is 34.5 Å². The van der Waals surface area contributed by atoms with Gasteiger partial charge in [-0.1, -0.05) is 24.3 Å². The van der Waals surface area contributed by atoms with E-state index < -0.39 is 0 Å². The van der Waals surface area contributed by atoms with Crippen molar-refractivity contribution in [2.75, 3.05) is 0 Å². The standard InChI is InChI=1S/C12H11N2.2C8H7N3.Os/c13-9-10-4-3-5-11(8-10)12-6-1-2-7-14-12;2*1-2-5-9-8(4-1)11-7-3-6-10-11;/h1-4,6-8H,9,13H2;2*1-7H;/q-1;;;+1. The van der Waals surface area contributed by atoms with E-state index in [2.05, 4.69) is 31.2 Å². The number of nitrogens with two attached hydrogens (primary N) is 1. The molecule has 185 valence electrons. The van der Waals surface area contributed by atoms with E-state index in [1.54, 1.807) is 40.3 Å². The summed E-state index contributed by atoms with van der Waals surface area (Å²) < 4.78 is 3.44. The summed E-state index contributed by atoms with van der Waals surface area (Å²) in [6.45, 7) is 0.550. The van der Waals surface area contributed by atoms with Crippen LogP contribution in [0, 0.1) is 6.07 Å². The minimum absolute atomic E-state index is 0. The number of hydrogen-bond donors (Lipinski definition) is 1. The fourth-order valence-electron chi connectivity index (χ4n) is 3.10. The van der Waals surface area contributed by atoms with Crippen molar-refractivity contribution in [3.05, 3.63) is 140 Å². The number of pyridine rings is 3. The average molecular weight is 664 g/mol. The molecule has 0 saturated carbocycles. The Balaban J connectivity index is 0.000000154. The summed E-state index contributed by atoms with van der Waals surface area (Å²) in [5, 5.41) is 8.08. The molecule has 6 rings (SSSR count). The van der Waals surface area contributed by atoms with Gasteiger partial charge >= 0.3 is 19.8 Å². The molecule has 5 aromatic heterocycles. The molecule has 8 nitrogen and oxygen atoms in total. The second-order valence-corrected chi connectivity index (χ2v) is 7.31. The van der Waals surface area contributed by atoms with Crippen molar-refractivity contribution in [2.45, 2.75) is 6.54 Å². The van der Waals surface area contributed by atoms with Gasteiger partial charge in [-0.25, -0.2) is 19.3 Å². The molecule has 1 radical (unpaired) electrons. The molecule has 0 saturated heterocycles. The summed E-state index contributed by atoms with van der Waals surface area (Å²) >= 11 is 0. The number of benzene rings is 1. The molecule has 5 heterocycles. The van der Waals surface area contributed by atoms with Crippen LogP contribution >= 0.6 is 0 Å². The topological polar surface area (TPSA) is 100 Å². The molecule has 2 N–H and O–H groups in total. The van der Waals surface area contributed by atoms with Gasteiger partial charge in [0.15, 0.2) is 11.6 Å². The molecule has 37 heavy (non-hydrogen) atoms. The first-order valence-corrected chi connectivity index (χ1v) is 11.3. The van der Waals surface area contributed by atoms with Crippen LogP contribution in [0.25, 0.3) is 22.9 Å². The normalized spacial score (nSPS) is 9.65. The van der Waals surface area contributed by atoms with Crippen molar-refractivity contribution in [3.63, 3.8) is 0 Å². The predicted molar refractivity (Wildman–Crippen MR) is 139 cm³/mol. The van der Waals surface area contributed by atoms with Crippen molar-refractivity contribution >= 4 is 0 Å². The van der Waals surface area contributed by atoms with Crippen LogP contribution in [-0.4, -0.2) is 34.5 Å². The van der Waals surface area contributed by atoms with Gasteiger partial charge in [0.05, 0.1) is 0 Å². The van der Waals surface area contributed by atoms with Gasteiger partial charge in [0, 0.05) is 49.9 Å². The summed E-state index contributed by atoms with van der Waals surface area (Å²) in [6, 6.07) is 30.0. The molecular weight excluding hydrogens is 639 g/mol. The Morgan fingerprint density at radius 2 is 1.22 bits per heavy atom. The second kappa shape index (κ2) is 14.9. The van der Waals surface area contributed by atoms with E-state index in [1.165, 1.54) is 0 Å². The summed E-state index contributed by atoms with van der Waals surface area (Å²) in [4.78, 5) is 12.5. The number of nitrogens with zero attached hydrogens (tertiary/aromatic N) is 7. The molecule has 0 spiro atoms. The first kappa shape index (κ1) is 27.3. The van der Waals surface area contributed by atoms with Gasteiger partial charge in [-0.2, -0.15) is 10.2 Å². The molecule has 0 amide bonds. The van der Waals surface area contributed by atoms with Crippen LogP contribution in [0.15, 0.2) is 128 Å². The van der Waals surface area contributed by atoms with Crippen LogP contribution in [0.3, 0.4) is 0 Å². The summed E-state index contributed by atoms with van der Waals surface area (Å²) in [5.74, 6) is 1.69. The average Bonchev–Trinajstić information content (AvgIpc) is 3.71. The Morgan fingerprint density at radius 3 is 1.65 bits per heavy atom. The molecule has 0 aliphatic carbocycles. The monoisotopic (exact) mass is 665 g/mol. The third kappa shape index (κ3) is 8.39. The summed E-state index contributed by atoms with van der Waals surface area (Å²) in [5.41, 5.74) is 8.59. The van der Waals surface area contributed by atoms with Gasteiger partial charge in [-0.3, -0.25) is 0 Å². The molecule has 1 aromatic carbocycles. The van der Waals surface area contributed by atoms with Gasteiger partial charge in [0.2, 0.25) is 0 Å².